The highest BCUT2D eigenvalue weighted by molar-refractivity contribution is 5.89. The van der Waals surface area contributed by atoms with Crippen molar-refractivity contribution in [3.8, 4) is 11.1 Å². The Hall–Kier alpha value is -3.43. The summed E-state index contributed by atoms with van der Waals surface area (Å²) in [7, 11) is 0. The summed E-state index contributed by atoms with van der Waals surface area (Å²) in [5, 5.41) is 30.6. The Morgan fingerprint density at radius 3 is 1.97 bits per heavy atom. The van der Waals surface area contributed by atoms with E-state index in [-0.39, 0.29) is 50.7 Å². The summed E-state index contributed by atoms with van der Waals surface area (Å²) in [6.07, 6.45) is -1.48. The Kier molecular flexibility index (Phi) is 7.14. The highest BCUT2D eigenvalue weighted by atomic mass is 16.5. The number of carbonyl (C=O) groups excluding carboxylic acids is 2. The second kappa shape index (κ2) is 10.2. The first-order valence-electron chi connectivity index (χ1n) is 11.3. The molecule has 2 aromatic rings. The minimum atomic E-state index is -1.31. The molecule has 1 saturated heterocycles. The minimum absolute atomic E-state index is 0.0384. The number of likely N-dealkylation sites (tertiary alicyclic amines) is 1. The van der Waals surface area contributed by atoms with Crippen molar-refractivity contribution < 1.29 is 34.4 Å². The average molecular weight is 469 g/mol. The monoisotopic (exact) mass is 468 g/mol. The standard InChI is InChI=1S/C25H28N2O7/c28-12-15-10-27(11-16(15)13-29)24(32)22(9-23(30)31)26-25(33)34-14-21-19-7-3-1-5-17(19)18-6-2-4-8-20(18)21/h1-8,15-16,21-22,28-29H,9-14H2,(H,26,33)(H,30,31)/t15-,16-,22?/m0/s1. The third-order valence-electron chi connectivity index (χ3n) is 6.67. The molecule has 1 fully saturated rings. The number of benzene rings is 2. The molecule has 34 heavy (non-hydrogen) atoms. The molecular weight excluding hydrogens is 440 g/mol. The molecule has 180 valence electrons. The van der Waals surface area contributed by atoms with Crippen LogP contribution in [0, 0.1) is 11.8 Å². The number of aliphatic carboxylic acids is 1. The SMILES string of the molecule is O=C(O)CC(NC(=O)OCC1c2ccccc2-c2ccccc21)C(=O)N1C[C@@H](CO)[C@H](CO)C1. The lowest BCUT2D eigenvalue weighted by Crippen LogP contribution is -2.49. The van der Waals surface area contributed by atoms with Gasteiger partial charge in [-0.15, -0.1) is 0 Å². The molecule has 2 amide bonds. The summed E-state index contributed by atoms with van der Waals surface area (Å²) >= 11 is 0. The Balaban J connectivity index is 1.42. The van der Waals surface area contributed by atoms with E-state index in [2.05, 4.69) is 5.32 Å². The third-order valence-corrected chi connectivity index (χ3v) is 6.67. The molecule has 9 heteroatoms. The molecule has 4 N–H and O–H groups in total. The molecule has 1 heterocycles. The number of carboxylic acid groups (broad SMARTS) is 1. The van der Waals surface area contributed by atoms with Crippen LogP contribution < -0.4 is 5.32 Å². The zero-order valence-corrected chi connectivity index (χ0v) is 18.6. The predicted molar refractivity (Wildman–Crippen MR) is 122 cm³/mol. The quantitative estimate of drug-likeness (QED) is 0.460. The minimum Gasteiger partial charge on any atom is -0.481 e. The lowest BCUT2D eigenvalue weighted by Gasteiger charge is -2.23. The van der Waals surface area contributed by atoms with Crippen molar-refractivity contribution in [1.29, 1.82) is 0 Å². The van der Waals surface area contributed by atoms with Crippen molar-refractivity contribution in [2.24, 2.45) is 11.8 Å². The molecule has 1 unspecified atom stereocenters. The molecule has 0 bridgehead atoms. The Bertz CT molecular complexity index is 1020. The van der Waals surface area contributed by atoms with Gasteiger partial charge in [-0.2, -0.15) is 0 Å². The lowest BCUT2D eigenvalue weighted by molar-refractivity contribution is -0.142. The van der Waals surface area contributed by atoms with Crippen LogP contribution in [0.15, 0.2) is 48.5 Å². The summed E-state index contributed by atoms with van der Waals surface area (Å²) in [5.41, 5.74) is 4.24. The lowest BCUT2D eigenvalue weighted by atomic mass is 9.98. The van der Waals surface area contributed by atoms with Gasteiger partial charge in [0.2, 0.25) is 5.91 Å². The number of hydrogen-bond acceptors (Lipinski definition) is 6. The number of aliphatic hydroxyl groups excluding tert-OH is 2. The van der Waals surface area contributed by atoms with Gasteiger partial charge in [-0.3, -0.25) is 9.59 Å². The van der Waals surface area contributed by atoms with Crippen molar-refractivity contribution in [3.05, 3.63) is 59.7 Å². The molecule has 0 saturated carbocycles. The highest BCUT2D eigenvalue weighted by Crippen LogP contribution is 2.44. The molecule has 4 rings (SSSR count). The average Bonchev–Trinajstić information content (AvgIpc) is 3.40. The second-order valence-electron chi connectivity index (χ2n) is 8.75. The summed E-state index contributed by atoms with van der Waals surface area (Å²) in [6.45, 7) is 0.0135. The Morgan fingerprint density at radius 1 is 0.941 bits per heavy atom. The van der Waals surface area contributed by atoms with Crippen molar-refractivity contribution in [2.45, 2.75) is 18.4 Å². The number of carboxylic acids is 1. The van der Waals surface area contributed by atoms with Gasteiger partial charge < -0.3 is 30.3 Å². The van der Waals surface area contributed by atoms with Crippen LogP contribution in [0.1, 0.15) is 23.5 Å². The van der Waals surface area contributed by atoms with Crippen LogP contribution in [-0.2, 0) is 14.3 Å². The first-order chi connectivity index (χ1) is 16.4. The largest absolute Gasteiger partial charge is 0.481 e. The Morgan fingerprint density at radius 2 is 1.47 bits per heavy atom. The van der Waals surface area contributed by atoms with E-state index in [4.69, 9.17) is 4.74 Å². The van der Waals surface area contributed by atoms with E-state index in [9.17, 15) is 29.7 Å². The molecule has 3 atom stereocenters. The number of aliphatic hydroxyl groups is 2. The smallest absolute Gasteiger partial charge is 0.407 e. The molecule has 2 aliphatic rings. The molecule has 0 radical (unpaired) electrons. The fraction of sp³-hybridized carbons (Fsp3) is 0.400. The molecular formula is C25H28N2O7. The van der Waals surface area contributed by atoms with E-state index in [0.29, 0.717) is 0 Å². The number of nitrogens with zero attached hydrogens (tertiary/aromatic N) is 1. The molecule has 0 aromatic heterocycles. The van der Waals surface area contributed by atoms with Crippen LogP contribution in [0.2, 0.25) is 0 Å². The zero-order valence-electron chi connectivity index (χ0n) is 18.6. The van der Waals surface area contributed by atoms with E-state index in [1.807, 2.05) is 48.5 Å². The molecule has 0 spiro atoms. The van der Waals surface area contributed by atoms with E-state index in [1.54, 1.807) is 0 Å². The number of ether oxygens (including phenoxy) is 1. The number of carbonyl (C=O) groups is 3. The zero-order chi connectivity index (χ0) is 24.2. The third kappa shape index (κ3) is 4.76. The molecule has 1 aliphatic carbocycles. The van der Waals surface area contributed by atoms with Gasteiger partial charge in [0, 0.05) is 44.1 Å². The van der Waals surface area contributed by atoms with E-state index in [0.717, 1.165) is 22.3 Å². The van der Waals surface area contributed by atoms with Crippen LogP contribution in [0.25, 0.3) is 11.1 Å². The first kappa shape index (κ1) is 23.7. The van der Waals surface area contributed by atoms with Crippen LogP contribution in [-0.4, -0.2) is 77.1 Å². The summed E-state index contributed by atoms with van der Waals surface area (Å²) in [5.74, 6) is -2.58. The number of rotatable bonds is 8. The number of fused-ring (bicyclic) bond motifs is 3. The normalized spacial score (nSPS) is 19.9. The number of hydrogen-bond donors (Lipinski definition) is 4. The van der Waals surface area contributed by atoms with E-state index < -0.39 is 30.4 Å². The van der Waals surface area contributed by atoms with Crippen LogP contribution >= 0.6 is 0 Å². The number of amides is 2. The number of alkyl carbamates (subject to hydrolysis) is 1. The van der Waals surface area contributed by atoms with Gasteiger partial charge in [-0.25, -0.2) is 4.79 Å². The summed E-state index contributed by atoms with van der Waals surface area (Å²) in [6, 6.07) is 14.5. The van der Waals surface area contributed by atoms with Gasteiger partial charge in [0.05, 0.1) is 6.42 Å². The fourth-order valence-corrected chi connectivity index (χ4v) is 4.91. The van der Waals surface area contributed by atoms with Crippen LogP contribution in [0.3, 0.4) is 0 Å². The van der Waals surface area contributed by atoms with Gasteiger partial charge in [0.15, 0.2) is 0 Å². The van der Waals surface area contributed by atoms with E-state index >= 15 is 0 Å². The fourth-order valence-electron chi connectivity index (χ4n) is 4.91. The summed E-state index contributed by atoms with van der Waals surface area (Å²) < 4.78 is 5.46. The van der Waals surface area contributed by atoms with Crippen molar-refractivity contribution in [3.63, 3.8) is 0 Å². The Labute approximate surface area is 197 Å². The van der Waals surface area contributed by atoms with E-state index in [1.165, 1.54) is 4.90 Å². The van der Waals surface area contributed by atoms with Gasteiger partial charge in [0.25, 0.3) is 0 Å². The van der Waals surface area contributed by atoms with Gasteiger partial charge >= 0.3 is 12.1 Å². The highest BCUT2D eigenvalue weighted by Gasteiger charge is 2.38. The summed E-state index contributed by atoms with van der Waals surface area (Å²) in [4.78, 5) is 38.3. The van der Waals surface area contributed by atoms with Crippen LogP contribution in [0.4, 0.5) is 4.79 Å². The predicted octanol–water partition coefficient (Wildman–Crippen LogP) is 1.43. The maximum absolute atomic E-state index is 13.0. The number of nitrogens with one attached hydrogen (secondary N) is 1. The molecule has 2 aromatic carbocycles. The maximum Gasteiger partial charge on any atom is 0.407 e. The van der Waals surface area contributed by atoms with Gasteiger partial charge in [0.1, 0.15) is 12.6 Å². The van der Waals surface area contributed by atoms with Crippen molar-refractivity contribution >= 4 is 18.0 Å². The van der Waals surface area contributed by atoms with Gasteiger partial charge in [-0.1, -0.05) is 48.5 Å². The van der Waals surface area contributed by atoms with Crippen LogP contribution in [0.5, 0.6) is 0 Å². The molecule has 1 aliphatic heterocycles. The second-order valence-corrected chi connectivity index (χ2v) is 8.75. The van der Waals surface area contributed by atoms with Crippen molar-refractivity contribution in [2.75, 3.05) is 32.9 Å². The first-order valence-corrected chi connectivity index (χ1v) is 11.3. The molecule has 9 nitrogen and oxygen atoms in total. The maximum atomic E-state index is 13.0. The van der Waals surface area contributed by atoms with Gasteiger partial charge in [-0.05, 0) is 22.3 Å². The topological polar surface area (TPSA) is 136 Å². The van der Waals surface area contributed by atoms with Crippen molar-refractivity contribution in [1.82, 2.24) is 10.2 Å².